The van der Waals surface area contributed by atoms with Gasteiger partial charge in [-0.1, -0.05) is 59.8 Å². The van der Waals surface area contributed by atoms with Crippen molar-refractivity contribution in [2.24, 2.45) is 0 Å². The van der Waals surface area contributed by atoms with Crippen LogP contribution in [0, 0.1) is 6.92 Å². The van der Waals surface area contributed by atoms with Gasteiger partial charge in [-0.25, -0.2) is 0 Å². The molecule has 7 heteroatoms. The van der Waals surface area contributed by atoms with E-state index in [-0.39, 0.29) is 5.91 Å². The summed E-state index contributed by atoms with van der Waals surface area (Å²) in [5.74, 6) is 1.48. The molecule has 0 fully saturated rings. The van der Waals surface area contributed by atoms with Crippen molar-refractivity contribution in [2.45, 2.75) is 24.1 Å². The largest absolute Gasteiger partial charge is 0.352 e. The van der Waals surface area contributed by atoms with Crippen molar-refractivity contribution in [3.05, 3.63) is 89.2 Å². The van der Waals surface area contributed by atoms with Crippen LogP contribution in [0.2, 0.25) is 0 Å². The number of fused-ring (bicyclic) bond motifs is 1. The molecule has 0 atom stereocenters. The van der Waals surface area contributed by atoms with E-state index in [9.17, 15) is 4.79 Å². The molecule has 29 heavy (non-hydrogen) atoms. The number of nitrogens with one attached hydrogen (secondary N) is 1. The number of amides is 1. The molecule has 146 valence electrons. The maximum atomic E-state index is 12.2. The van der Waals surface area contributed by atoms with E-state index in [0.717, 1.165) is 16.6 Å². The lowest BCUT2D eigenvalue weighted by Crippen LogP contribution is -2.26. The smallest absolute Gasteiger partial charge is 0.251 e. The van der Waals surface area contributed by atoms with Gasteiger partial charge in [-0.15, -0.1) is 10.2 Å². The second-order valence-corrected chi connectivity index (χ2v) is 7.70. The third-order valence-electron chi connectivity index (χ3n) is 4.44. The Hall–Kier alpha value is -3.19. The zero-order chi connectivity index (χ0) is 20.1. The molecule has 0 saturated carbocycles. The van der Waals surface area contributed by atoms with Gasteiger partial charge in [-0.05, 0) is 36.8 Å². The molecule has 0 aliphatic heterocycles. The number of benzene rings is 2. The standard InChI is InChI=1S/C22H21N5OS/c1-16-6-5-7-17(14-16)15-29-21-11-10-19-24-25-20(27(19)26-21)12-13-23-22(28)18-8-3-2-4-9-18/h2-11,14H,12-13,15H2,1H3,(H,23,28). The Kier molecular flexibility index (Phi) is 5.86. The van der Waals surface area contributed by atoms with Crippen LogP contribution in [0.5, 0.6) is 0 Å². The highest BCUT2D eigenvalue weighted by atomic mass is 32.2. The van der Waals surface area contributed by atoms with E-state index >= 15 is 0 Å². The summed E-state index contributed by atoms with van der Waals surface area (Å²) < 4.78 is 1.76. The van der Waals surface area contributed by atoms with E-state index in [1.54, 1.807) is 28.4 Å². The minimum Gasteiger partial charge on any atom is -0.352 e. The summed E-state index contributed by atoms with van der Waals surface area (Å²) in [5, 5.41) is 16.9. The Labute approximate surface area is 173 Å². The zero-order valence-electron chi connectivity index (χ0n) is 16.1. The van der Waals surface area contributed by atoms with Crippen LogP contribution < -0.4 is 5.32 Å². The van der Waals surface area contributed by atoms with E-state index < -0.39 is 0 Å². The monoisotopic (exact) mass is 403 g/mol. The third-order valence-corrected chi connectivity index (χ3v) is 5.43. The van der Waals surface area contributed by atoms with Gasteiger partial charge in [0.15, 0.2) is 11.5 Å². The number of rotatable bonds is 7. The van der Waals surface area contributed by atoms with Crippen molar-refractivity contribution in [1.82, 2.24) is 25.1 Å². The number of carbonyl (C=O) groups is 1. The highest BCUT2D eigenvalue weighted by Gasteiger charge is 2.10. The van der Waals surface area contributed by atoms with Gasteiger partial charge < -0.3 is 5.32 Å². The number of nitrogens with zero attached hydrogens (tertiary/aromatic N) is 4. The summed E-state index contributed by atoms with van der Waals surface area (Å²) in [6.45, 7) is 2.56. The van der Waals surface area contributed by atoms with Crippen LogP contribution in [-0.4, -0.2) is 32.3 Å². The average Bonchev–Trinajstić information content (AvgIpc) is 3.15. The van der Waals surface area contributed by atoms with Crippen LogP contribution in [0.1, 0.15) is 27.3 Å². The molecule has 2 heterocycles. The lowest BCUT2D eigenvalue weighted by molar-refractivity contribution is 0.0954. The van der Waals surface area contributed by atoms with E-state index in [1.165, 1.54) is 11.1 Å². The van der Waals surface area contributed by atoms with E-state index in [1.807, 2.05) is 30.3 Å². The van der Waals surface area contributed by atoms with Crippen LogP contribution >= 0.6 is 11.8 Å². The molecule has 0 spiro atoms. The summed E-state index contributed by atoms with van der Waals surface area (Å²) in [7, 11) is 0. The molecule has 0 bridgehead atoms. The van der Waals surface area contributed by atoms with Gasteiger partial charge in [0.1, 0.15) is 5.03 Å². The van der Waals surface area contributed by atoms with E-state index in [0.29, 0.717) is 24.2 Å². The fourth-order valence-corrected chi connectivity index (χ4v) is 3.79. The van der Waals surface area contributed by atoms with Gasteiger partial charge in [-0.2, -0.15) is 9.61 Å². The quantitative estimate of drug-likeness (QED) is 0.477. The Morgan fingerprint density at radius 3 is 2.72 bits per heavy atom. The minimum absolute atomic E-state index is 0.0956. The molecular formula is C22H21N5OS. The van der Waals surface area contributed by atoms with Crippen LogP contribution in [0.25, 0.3) is 5.65 Å². The predicted molar refractivity (Wildman–Crippen MR) is 114 cm³/mol. The first-order valence-electron chi connectivity index (χ1n) is 9.42. The lowest BCUT2D eigenvalue weighted by atomic mass is 10.2. The predicted octanol–water partition coefficient (Wildman–Crippen LogP) is 3.70. The Morgan fingerprint density at radius 2 is 1.90 bits per heavy atom. The molecule has 2 aromatic heterocycles. The van der Waals surface area contributed by atoms with Crippen LogP contribution in [-0.2, 0) is 12.2 Å². The molecule has 0 aliphatic carbocycles. The van der Waals surface area contributed by atoms with Crippen molar-refractivity contribution < 1.29 is 4.79 Å². The van der Waals surface area contributed by atoms with Gasteiger partial charge in [-0.3, -0.25) is 4.79 Å². The summed E-state index contributed by atoms with van der Waals surface area (Å²) in [4.78, 5) is 12.2. The fourth-order valence-electron chi connectivity index (χ4n) is 2.99. The Balaban J connectivity index is 1.39. The third kappa shape index (κ3) is 4.81. The number of hydrogen-bond donors (Lipinski definition) is 1. The maximum absolute atomic E-state index is 12.2. The normalized spacial score (nSPS) is 10.9. The first-order chi connectivity index (χ1) is 14.2. The average molecular weight is 404 g/mol. The fraction of sp³-hybridized carbons (Fsp3) is 0.182. The second kappa shape index (κ2) is 8.87. The first kappa shape index (κ1) is 19.1. The van der Waals surface area contributed by atoms with Crippen LogP contribution in [0.15, 0.2) is 71.8 Å². The molecule has 6 nitrogen and oxygen atoms in total. The van der Waals surface area contributed by atoms with Gasteiger partial charge in [0.25, 0.3) is 5.91 Å². The topological polar surface area (TPSA) is 72.2 Å². The van der Waals surface area contributed by atoms with E-state index in [2.05, 4.69) is 51.8 Å². The summed E-state index contributed by atoms with van der Waals surface area (Å²) in [6.07, 6.45) is 0.554. The van der Waals surface area contributed by atoms with Crippen molar-refractivity contribution in [3.8, 4) is 0 Å². The molecule has 0 radical (unpaired) electrons. The Bertz CT molecular complexity index is 1130. The number of aromatic nitrogens is 4. The SMILES string of the molecule is Cc1cccc(CSc2ccc3nnc(CCNC(=O)c4ccccc4)n3n2)c1. The Morgan fingerprint density at radius 1 is 1.03 bits per heavy atom. The van der Waals surface area contributed by atoms with Crippen molar-refractivity contribution in [3.63, 3.8) is 0 Å². The first-order valence-corrected chi connectivity index (χ1v) is 10.4. The van der Waals surface area contributed by atoms with Gasteiger partial charge in [0, 0.05) is 24.3 Å². The maximum Gasteiger partial charge on any atom is 0.251 e. The van der Waals surface area contributed by atoms with Crippen LogP contribution in [0.4, 0.5) is 0 Å². The molecule has 4 rings (SSSR count). The van der Waals surface area contributed by atoms with Crippen molar-refractivity contribution in [2.75, 3.05) is 6.54 Å². The number of hydrogen-bond acceptors (Lipinski definition) is 5. The summed E-state index contributed by atoms with van der Waals surface area (Å²) >= 11 is 1.68. The summed E-state index contributed by atoms with van der Waals surface area (Å²) in [5.41, 5.74) is 3.87. The van der Waals surface area contributed by atoms with E-state index in [4.69, 9.17) is 0 Å². The number of aryl methyl sites for hydroxylation is 1. The molecule has 1 N–H and O–H groups in total. The minimum atomic E-state index is -0.0956. The van der Waals surface area contributed by atoms with Gasteiger partial charge in [0.05, 0.1) is 0 Å². The summed E-state index contributed by atoms with van der Waals surface area (Å²) in [6, 6.07) is 21.5. The van der Waals surface area contributed by atoms with Gasteiger partial charge in [0.2, 0.25) is 0 Å². The van der Waals surface area contributed by atoms with Crippen molar-refractivity contribution >= 4 is 23.3 Å². The second-order valence-electron chi connectivity index (χ2n) is 6.71. The number of thioether (sulfide) groups is 1. The highest BCUT2D eigenvalue weighted by Crippen LogP contribution is 2.21. The molecule has 4 aromatic rings. The lowest BCUT2D eigenvalue weighted by Gasteiger charge is -2.05. The van der Waals surface area contributed by atoms with Gasteiger partial charge >= 0.3 is 0 Å². The van der Waals surface area contributed by atoms with Crippen molar-refractivity contribution in [1.29, 1.82) is 0 Å². The zero-order valence-corrected chi connectivity index (χ0v) is 16.9. The molecule has 1 amide bonds. The molecule has 0 aliphatic rings. The molecule has 2 aromatic carbocycles. The highest BCUT2D eigenvalue weighted by molar-refractivity contribution is 7.98. The molecular weight excluding hydrogens is 382 g/mol. The molecule has 0 saturated heterocycles. The number of carbonyl (C=O) groups excluding carboxylic acids is 1. The van der Waals surface area contributed by atoms with Crippen LogP contribution in [0.3, 0.4) is 0 Å². The molecule has 0 unspecified atom stereocenters.